The van der Waals surface area contributed by atoms with Gasteiger partial charge < -0.3 is 19.4 Å². The zero-order chi connectivity index (χ0) is 21.6. The molecule has 5 nitrogen and oxygen atoms in total. The van der Waals surface area contributed by atoms with E-state index in [0.717, 1.165) is 5.57 Å². The molecule has 1 aliphatic heterocycles. The molecule has 30 heavy (non-hydrogen) atoms. The first-order valence-corrected chi connectivity index (χ1v) is 9.53. The highest BCUT2D eigenvalue weighted by Crippen LogP contribution is 2.45. The van der Waals surface area contributed by atoms with Crippen molar-refractivity contribution in [2.24, 2.45) is 0 Å². The molecule has 152 valence electrons. The molecule has 0 radical (unpaired) electrons. The lowest BCUT2D eigenvalue weighted by Gasteiger charge is -2.29. The zero-order valence-corrected chi connectivity index (χ0v) is 17.0. The van der Waals surface area contributed by atoms with E-state index < -0.39 is 5.60 Å². The van der Waals surface area contributed by atoms with Crippen LogP contribution in [0.2, 0.25) is 0 Å². The topological polar surface area (TPSA) is 79.9 Å². The molecule has 0 saturated heterocycles. The molecule has 3 aromatic rings. The van der Waals surface area contributed by atoms with Crippen LogP contribution in [0.4, 0.5) is 0 Å². The number of aromatic hydroxyl groups is 2. The second-order valence-corrected chi connectivity index (χ2v) is 7.95. The van der Waals surface area contributed by atoms with E-state index in [4.69, 9.17) is 9.15 Å². The lowest BCUT2D eigenvalue weighted by molar-refractivity contribution is 0.158. The summed E-state index contributed by atoms with van der Waals surface area (Å²) in [5, 5.41) is 20.7. The SMILES string of the molecule is C=C(C)C=Cc1c2c(c3occ(-c4ccc(O)cc4)c(=O)c3c1O)C=CC(C)(C)O2. The highest BCUT2D eigenvalue weighted by Gasteiger charge is 2.30. The predicted octanol–water partition coefficient (Wildman–Crippen LogP) is 5.64. The van der Waals surface area contributed by atoms with Gasteiger partial charge in [-0.05, 0) is 56.7 Å². The fourth-order valence-corrected chi connectivity index (χ4v) is 3.43. The van der Waals surface area contributed by atoms with Gasteiger partial charge in [0.15, 0.2) is 5.58 Å². The van der Waals surface area contributed by atoms with Crippen molar-refractivity contribution in [1.29, 1.82) is 0 Å². The third-order valence-electron chi connectivity index (χ3n) is 4.95. The monoisotopic (exact) mass is 402 g/mol. The molecule has 5 heteroatoms. The fourth-order valence-electron chi connectivity index (χ4n) is 3.43. The van der Waals surface area contributed by atoms with Crippen molar-refractivity contribution in [3.05, 3.63) is 76.2 Å². The molecule has 0 saturated carbocycles. The number of allylic oxidation sites excluding steroid dienone is 2. The second-order valence-electron chi connectivity index (χ2n) is 7.95. The van der Waals surface area contributed by atoms with E-state index in [1.165, 1.54) is 18.4 Å². The Kier molecular flexibility index (Phi) is 4.54. The van der Waals surface area contributed by atoms with Crippen LogP contribution in [-0.2, 0) is 0 Å². The summed E-state index contributed by atoms with van der Waals surface area (Å²) in [6.07, 6.45) is 8.54. The average molecular weight is 402 g/mol. The first-order valence-electron chi connectivity index (χ1n) is 9.53. The number of hydrogen-bond donors (Lipinski definition) is 2. The fraction of sp³-hybridized carbons (Fsp3) is 0.160. The Labute approximate surface area is 173 Å². The van der Waals surface area contributed by atoms with Gasteiger partial charge in [0.25, 0.3) is 0 Å². The molecule has 2 aromatic carbocycles. The third-order valence-corrected chi connectivity index (χ3v) is 4.95. The standard InChI is InChI=1S/C25H22O5/c1-14(2)5-10-17-21(27)20-22(28)19(15-6-8-16(26)9-7-15)13-29-24(20)18-11-12-25(3,4)30-23(17)18/h5-13,26-27H,1H2,2-4H3. The van der Waals surface area contributed by atoms with Gasteiger partial charge >= 0.3 is 0 Å². The first-order chi connectivity index (χ1) is 14.2. The molecule has 0 aliphatic carbocycles. The molecule has 0 amide bonds. The van der Waals surface area contributed by atoms with Gasteiger partial charge in [-0.2, -0.15) is 0 Å². The quantitative estimate of drug-likeness (QED) is 0.554. The van der Waals surface area contributed by atoms with Crippen LogP contribution in [0.5, 0.6) is 17.2 Å². The largest absolute Gasteiger partial charge is 0.508 e. The summed E-state index contributed by atoms with van der Waals surface area (Å²) in [4.78, 5) is 13.3. The summed E-state index contributed by atoms with van der Waals surface area (Å²) >= 11 is 0. The van der Waals surface area contributed by atoms with Crippen LogP contribution < -0.4 is 10.2 Å². The van der Waals surface area contributed by atoms with Gasteiger partial charge in [-0.25, -0.2) is 0 Å². The van der Waals surface area contributed by atoms with Gasteiger partial charge in [-0.15, -0.1) is 0 Å². The molecule has 1 aromatic heterocycles. The molecule has 0 unspecified atom stereocenters. The van der Waals surface area contributed by atoms with Crippen LogP contribution in [0.25, 0.3) is 34.2 Å². The smallest absolute Gasteiger partial charge is 0.204 e. The summed E-state index contributed by atoms with van der Waals surface area (Å²) in [6.45, 7) is 9.51. The summed E-state index contributed by atoms with van der Waals surface area (Å²) in [6, 6.07) is 6.23. The summed E-state index contributed by atoms with van der Waals surface area (Å²) in [7, 11) is 0. The maximum Gasteiger partial charge on any atom is 0.204 e. The predicted molar refractivity (Wildman–Crippen MR) is 119 cm³/mol. The van der Waals surface area contributed by atoms with Crippen molar-refractivity contribution < 1.29 is 19.4 Å². The van der Waals surface area contributed by atoms with E-state index >= 15 is 0 Å². The maximum absolute atomic E-state index is 13.3. The van der Waals surface area contributed by atoms with Crippen LogP contribution in [-0.4, -0.2) is 15.8 Å². The summed E-state index contributed by atoms with van der Waals surface area (Å²) < 4.78 is 12.0. The van der Waals surface area contributed by atoms with Crippen molar-refractivity contribution in [2.45, 2.75) is 26.4 Å². The molecule has 2 N–H and O–H groups in total. The molecule has 0 atom stereocenters. The van der Waals surface area contributed by atoms with Crippen molar-refractivity contribution in [3.8, 4) is 28.4 Å². The Morgan fingerprint density at radius 2 is 1.87 bits per heavy atom. The lowest BCUT2D eigenvalue weighted by Crippen LogP contribution is -2.28. The Bertz CT molecular complexity index is 1290. The minimum absolute atomic E-state index is 0.0775. The van der Waals surface area contributed by atoms with Crippen LogP contribution in [0.1, 0.15) is 31.9 Å². The van der Waals surface area contributed by atoms with Gasteiger partial charge in [0, 0.05) is 0 Å². The molecule has 0 spiro atoms. The Morgan fingerprint density at radius 3 is 2.53 bits per heavy atom. The minimum atomic E-state index is -0.578. The molecule has 1 aliphatic rings. The van der Waals surface area contributed by atoms with Gasteiger partial charge in [0.1, 0.15) is 34.5 Å². The van der Waals surface area contributed by atoms with E-state index in [9.17, 15) is 15.0 Å². The summed E-state index contributed by atoms with van der Waals surface area (Å²) in [5.74, 6) is 0.338. The van der Waals surface area contributed by atoms with E-state index in [1.807, 2.05) is 32.9 Å². The molecule has 0 fully saturated rings. The number of benzene rings is 2. The molecular formula is C25H22O5. The van der Waals surface area contributed by atoms with Gasteiger partial charge in [-0.1, -0.05) is 30.4 Å². The number of phenolic OH excluding ortho intramolecular Hbond substituents is 2. The summed E-state index contributed by atoms with van der Waals surface area (Å²) in [5.41, 5.74) is 1.95. The van der Waals surface area contributed by atoms with Crippen molar-refractivity contribution >= 4 is 23.1 Å². The molecule has 2 heterocycles. The van der Waals surface area contributed by atoms with Crippen LogP contribution in [0, 0.1) is 0 Å². The Balaban J connectivity index is 2.07. The highest BCUT2D eigenvalue weighted by molar-refractivity contribution is 5.99. The van der Waals surface area contributed by atoms with Crippen molar-refractivity contribution in [1.82, 2.24) is 0 Å². The highest BCUT2D eigenvalue weighted by atomic mass is 16.5. The molecule has 4 rings (SSSR count). The van der Waals surface area contributed by atoms with Gasteiger partial charge in [0.2, 0.25) is 5.43 Å². The van der Waals surface area contributed by atoms with Crippen LogP contribution >= 0.6 is 0 Å². The van der Waals surface area contributed by atoms with E-state index in [1.54, 1.807) is 24.3 Å². The van der Waals surface area contributed by atoms with Gasteiger partial charge in [0.05, 0.1) is 16.7 Å². The van der Waals surface area contributed by atoms with Crippen molar-refractivity contribution in [3.63, 3.8) is 0 Å². The first kappa shape index (κ1) is 19.6. The lowest BCUT2D eigenvalue weighted by atomic mass is 9.94. The van der Waals surface area contributed by atoms with Gasteiger partial charge in [-0.3, -0.25) is 4.79 Å². The number of rotatable bonds is 3. The molecular weight excluding hydrogens is 380 g/mol. The maximum atomic E-state index is 13.3. The number of phenols is 2. The second kappa shape index (κ2) is 6.95. The number of ether oxygens (including phenoxy) is 1. The zero-order valence-electron chi connectivity index (χ0n) is 17.0. The number of fused-ring (bicyclic) bond motifs is 3. The minimum Gasteiger partial charge on any atom is -0.508 e. The van der Waals surface area contributed by atoms with E-state index in [-0.39, 0.29) is 33.5 Å². The molecule has 0 bridgehead atoms. The van der Waals surface area contributed by atoms with E-state index in [0.29, 0.717) is 22.4 Å². The van der Waals surface area contributed by atoms with Crippen LogP contribution in [0.15, 0.2) is 64.0 Å². The Morgan fingerprint density at radius 1 is 1.17 bits per heavy atom. The Hall–Kier alpha value is -3.73. The average Bonchev–Trinajstić information content (AvgIpc) is 2.67. The normalized spacial score (nSPS) is 14.6. The third kappa shape index (κ3) is 3.28. The number of hydrogen-bond acceptors (Lipinski definition) is 5. The van der Waals surface area contributed by atoms with E-state index in [2.05, 4.69) is 6.58 Å². The van der Waals surface area contributed by atoms with Crippen molar-refractivity contribution in [2.75, 3.05) is 0 Å². The van der Waals surface area contributed by atoms with Crippen LogP contribution in [0.3, 0.4) is 0 Å².